The third kappa shape index (κ3) is 32.5. The number of nitrogens with zero attached hydrogens (tertiary/aromatic N) is 1. The molecule has 6 heteroatoms. The minimum absolute atomic E-state index is 0. The molecule has 0 spiro atoms. The van der Waals surface area contributed by atoms with Gasteiger partial charge in [0.1, 0.15) is 0 Å². The van der Waals surface area contributed by atoms with E-state index in [2.05, 4.69) is 4.98 Å². The molecule has 0 aromatic carbocycles. The van der Waals surface area contributed by atoms with Crippen LogP contribution in [0.4, 0.5) is 0 Å². The second kappa shape index (κ2) is 18.4. The fourth-order valence-corrected chi connectivity index (χ4v) is 0.313. The van der Waals surface area contributed by atoms with E-state index in [1.54, 1.807) is 24.9 Å². The molecule has 0 aliphatic rings. The average molecular weight is 423 g/mol. The van der Waals surface area contributed by atoms with Gasteiger partial charge in [-0.25, -0.2) is 0 Å². The van der Waals surface area contributed by atoms with Crippen molar-refractivity contribution >= 4 is 10.8 Å². The minimum atomic E-state index is -0.611. The van der Waals surface area contributed by atoms with Crippen LogP contribution in [0.25, 0.3) is 0 Å². The summed E-state index contributed by atoms with van der Waals surface area (Å²) in [6.45, 7) is 0. The van der Waals surface area contributed by atoms with Gasteiger partial charge in [-0.2, -0.15) is 0 Å². The van der Waals surface area contributed by atoms with Crippen LogP contribution in [-0.4, -0.2) is 21.7 Å². The van der Waals surface area contributed by atoms with Crippen molar-refractivity contribution in [3.8, 4) is 0 Å². The molecule has 0 aliphatic carbocycles. The van der Waals surface area contributed by atoms with Crippen LogP contribution in [0.2, 0.25) is 0 Å². The van der Waals surface area contributed by atoms with E-state index < -0.39 is 10.8 Å². The molecule has 0 N–H and O–H groups in total. The third-order valence-corrected chi connectivity index (χ3v) is 0.566. The van der Waals surface area contributed by atoms with Gasteiger partial charge in [0, 0.05) is 35.7 Å². The standard InChI is InChI=1S/C5H5N.C2H6OS.2ClH.Pt/c1-2-4-6-5-3-1;1-4(2)3;;;/h1-5H;1-2H3;2*1H;/q;;;;+2/p-2. The molecular formula is C7H11Cl2NOPtS. The predicted molar refractivity (Wildman–Crippen MR) is 44.2 cm³/mol. The van der Waals surface area contributed by atoms with E-state index in [0.29, 0.717) is 0 Å². The summed E-state index contributed by atoms with van der Waals surface area (Å²) in [6, 6.07) is 5.72. The summed E-state index contributed by atoms with van der Waals surface area (Å²) < 4.78 is 9.56. The Morgan fingerprint density at radius 3 is 1.38 bits per heavy atom. The molecule has 0 fully saturated rings. The minimum Gasteiger partial charge on any atom is -1.00 e. The second-order valence-electron chi connectivity index (χ2n) is 1.77. The van der Waals surface area contributed by atoms with Gasteiger partial charge in [-0.05, 0) is 12.1 Å². The first kappa shape index (κ1) is 23.4. The number of aromatic nitrogens is 1. The van der Waals surface area contributed by atoms with Crippen molar-refractivity contribution in [1.82, 2.24) is 4.98 Å². The number of hydrogen-bond donors (Lipinski definition) is 0. The van der Waals surface area contributed by atoms with Gasteiger partial charge in [0.05, 0.1) is 0 Å². The molecule has 0 atom stereocenters. The fraction of sp³-hybridized carbons (Fsp3) is 0.286. The third-order valence-electron chi connectivity index (χ3n) is 0.566. The normalized spacial score (nSPS) is 6.38. The molecule has 1 aromatic heterocycles. The zero-order valence-corrected chi connectivity index (χ0v) is 11.8. The molecule has 1 rings (SSSR count). The van der Waals surface area contributed by atoms with Gasteiger partial charge in [-0.3, -0.25) is 9.19 Å². The predicted octanol–water partition coefficient (Wildman–Crippen LogP) is -4.92. The molecular weight excluding hydrogens is 412 g/mol. The first-order chi connectivity index (χ1) is 4.73. The molecule has 1 heterocycles. The van der Waals surface area contributed by atoms with Crippen molar-refractivity contribution in [3.63, 3.8) is 0 Å². The Kier molecular flexibility index (Phi) is 33.1. The van der Waals surface area contributed by atoms with Crippen LogP contribution in [0.3, 0.4) is 0 Å². The zero-order valence-electron chi connectivity index (χ0n) is 7.22. The molecule has 0 radical (unpaired) electrons. The smallest absolute Gasteiger partial charge is 1.00 e. The maximum atomic E-state index is 9.56. The molecule has 0 saturated heterocycles. The van der Waals surface area contributed by atoms with Gasteiger partial charge in [-0.15, -0.1) is 0 Å². The monoisotopic (exact) mass is 422 g/mol. The summed E-state index contributed by atoms with van der Waals surface area (Å²) >= 11 is 0. The van der Waals surface area contributed by atoms with Crippen LogP contribution in [0, 0.1) is 0 Å². The second-order valence-corrected chi connectivity index (χ2v) is 3.25. The van der Waals surface area contributed by atoms with Crippen molar-refractivity contribution in [2.24, 2.45) is 0 Å². The van der Waals surface area contributed by atoms with Gasteiger partial charge in [0.2, 0.25) is 0 Å². The van der Waals surface area contributed by atoms with Gasteiger partial charge in [0.15, 0.2) is 0 Å². The molecule has 1 aromatic rings. The van der Waals surface area contributed by atoms with Crippen LogP contribution in [-0.2, 0) is 31.9 Å². The Morgan fingerprint density at radius 1 is 1.00 bits per heavy atom. The quantitative estimate of drug-likeness (QED) is 0.419. The number of halogens is 2. The van der Waals surface area contributed by atoms with Crippen molar-refractivity contribution in [3.05, 3.63) is 30.6 Å². The van der Waals surface area contributed by atoms with E-state index in [0.717, 1.165) is 0 Å². The average Bonchev–Trinajstić information content (AvgIpc) is 1.90. The Labute approximate surface area is 108 Å². The summed E-state index contributed by atoms with van der Waals surface area (Å²) in [5.74, 6) is 0. The first-order valence-corrected chi connectivity index (χ1v) is 4.80. The Bertz CT molecular complexity index is 158. The van der Waals surface area contributed by atoms with Crippen molar-refractivity contribution in [1.29, 1.82) is 0 Å². The van der Waals surface area contributed by atoms with E-state index in [-0.39, 0.29) is 45.9 Å². The molecule has 0 saturated carbocycles. The summed E-state index contributed by atoms with van der Waals surface area (Å²) in [5, 5.41) is 0. The molecule has 0 bridgehead atoms. The van der Waals surface area contributed by atoms with Gasteiger partial charge in [-0.1, -0.05) is 6.07 Å². The first-order valence-electron chi connectivity index (χ1n) is 2.83. The van der Waals surface area contributed by atoms with Gasteiger partial charge < -0.3 is 24.8 Å². The van der Waals surface area contributed by atoms with Crippen LogP contribution < -0.4 is 24.8 Å². The fourth-order valence-electron chi connectivity index (χ4n) is 0.313. The van der Waals surface area contributed by atoms with Gasteiger partial charge >= 0.3 is 21.1 Å². The summed E-state index contributed by atoms with van der Waals surface area (Å²) in [6.07, 6.45) is 6.78. The topological polar surface area (TPSA) is 30.0 Å². The van der Waals surface area contributed by atoms with Crippen LogP contribution in [0.1, 0.15) is 0 Å². The maximum Gasteiger partial charge on any atom is 2.00 e. The van der Waals surface area contributed by atoms with E-state index in [1.165, 1.54) is 0 Å². The Hall–Kier alpha value is 0.568. The summed E-state index contributed by atoms with van der Waals surface area (Å²) in [7, 11) is -0.611. The van der Waals surface area contributed by atoms with E-state index >= 15 is 0 Å². The SMILES string of the molecule is CS(C)=O.[Cl-].[Cl-].[Pt+2].c1ccncc1. The number of pyridine rings is 1. The molecule has 0 aliphatic heterocycles. The largest absolute Gasteiger partial charge is 2.00 e. The number of rotatable bonds is 0. The molecule has 13 heavy (non-hydrogen) atoms. The van der Waals surface area contributed by atoms with Crippen molar-refractivity contribution in [2.45, 2.75) is 0 Å². The Morgan fingerprint density at radius 2 is 1.31 bits per heavy atom. The van der Waals surface area contributed by atoms with Gasteiger partial charge in [0.25, 0.3) is 0 Å². The summed E-state index contributed by atoms with van der Waals surface area (Å²) in [5.41, 5.74) is 0. The number of hydrogen-bond acceptors (Lipinski definition) is 2. The molecule has 2 nitrogen and oxygen atoms in total. The Balaban J connectivity index is -0.0000000536. The van der Waals surface area contributed by atoms with Crippen molar-refractivity contribution < 1.29 is 50.1 Å². The maximum absolute atomic E-state index is 9.56. The molecule has 0 unspecified atom stereocenters. The van der Waals surface area contributed by atoms with Crippen LogP contribution in [0.15, 0.2) is 30.6 Å². The van der Waals surface area contributed by atoms with Crippen molar-refractivity contribution in [2.75, 3.05) is 12.5 Å². The van der Waals surface area contributed by atoms with E-state index in [9.17, 15) is 4.21 Å². The van der Waals surface area contributed by atoms with E-state index in [4.69, 9.17) is 0 Å². The molecule has 80 valence electrons. The molecule has 0 amide bonds. The van der Waals surface area contributed by atoms with Crippen LogP contribution >= 0.6 is 0 Å². The summed E-state index contributed by atoms with van der Waals surface area (Å²) in [4.78, 5) is 3.78. The zero-order chi connectivity index (χ0) is 7.82. The van der Waals surface area contributed by atoms with Crippen LogP contribution in [0.5, 0.6) is 0 Å². The van der Waals surface area contributed by atoms with E-state index in [1.807, 2.05) is 18.2 Å².